The topological polar surface area (TPSA) is 72.6 Å². The number of likely N-dealkylation sites (N-methyl/N-ethyl adjacent to an activating group) is 1. The number of nitrogens with two attached hydrogens (primary N) is 1. The molecule has 1 aromatic rings. The first-order valence-electron chi connectivity index (χ1n) is 6.11. The zero-order chi connectivity index (χ0) is 15.3. The Hall–Kier alpha value is -1.02. The molecule has 1 atom stereocenters. The summed E-state index contributed by atoms with van der Waals surface area (Å²) in [6.45, 7) is 2.16. The van der Waals surface area contributed by atoms with Gasteiger partial charge in [-0.05, 0) is 12.5 Å². The van der Waals surface area contributed by atoms with Gasteiger partial charge in [-0.1, -0.05) is 36.5 Å². The number of ether oxygens (including phenoxy) is 1. The molecular formula is C13H20N2O3S2. The fourth-order valence-corrected chi connectivity index (χ4v) is 3.26. The molecule has 0 heterocycles. The number of hydrogen-bond acceptors (Lipinski definition) is 4. The second kappa shape index (κ2) is 7.12. The van der Waals surface area contributed by atoms with Crippen molar-refractivity contribution in [2.45, 2.75) is 18.7 Å². The van der Waals surface area contributed by atoms with Gasteiger partial charge < -0.3 is 10.5 Å². The highest BCUT2D eigenvalue weighted by Crippen LogP contribution is 2.13. The highest BCUT2D eigenvalue weighted by Gasteiger charge is 2.23. The largest absolute Gasteiger partial charge is 0.389 e. The van der Waals surface area contributed by atoms with Crippen LogP contribution in [0.4, 0.5) is 0 Å². The van der Waals surface area contributed by atoms with Crippen LogP contribution in [0.1, 0.15) is 18.1 Å². The molecule has 2 N–H and O–H groups in total. The summed E-state index contributed by atoms with van der Waals surface area (Å²) in [7, 11) is -0.274. The minimum absolute atomic E-state index is 0.0603. The SMILES string of the molecule is COCC(C)N(C)S(=O)(=O)Cc1ccc(C(N)=S)cc1. The zero-order valence-corrected chi connectivity index (χ0v) is 13.5. The number of sulfonamides is 1. The second-order valence-electron chi connectivity index (χ2n) is 4.64. The van der Waals surface area contributed by atoms with Crippen molar-refractivity contribution >= 4 is 27.2 Å². The molecule has 0 aliphatic carbocycles. The Balaban J connectivity index is 2.82. The van der Waals surface area contributed by atoms with Crippen LogP contribution in [0.15, 0.2) is 24.3 Å². The van der Waals surface area contributed by atoms with Gasteiger partial charge in [0.1, 0.15) is 4.99 Å². The Morgan fingerprint density at radius 2 is 1.95 bits per heavy atom. The first-order valence-corrected chi connectivity index (χ1v) is 8.13. The summed E-state index contributed by atoms with van der Waals surface area (Å²) in [5.74, 6) is -0.0603. The van der Waals surface area contributed by atoms with E-state index in [1.165, 1.54) is 4.31 Å². The van der Waals surface area contributed by atoms with Crippen molar-refractivity contribution in [3.8, 4) is 0 Å². The first kappa shape index (κ1) is 17.0. The first-order chi connectivity index (χ1) is 9.27. The standard InChI is InChI=1S/C13H20N2O3S2/c1-10(8-18-3)15(2)20(16,17)9-11-4-6-12(7-5-11)13(14)19/h4-7,10H,8-9H2,1-3H3,(H2,14,19). The van der Waals surface area contributed by atoms with Crippen molar-refractivity contribution in [1.82, 2.24) is 4.31 Å². The number of nitrogens with zero attached hydrogens (tertiary/aromatic N) is 1. The second-order valence-corrected chi connectivity index (χ2v) is 7.11. The predicted octanol–water partition coefficient (Wildman–Crippen LogP) is 1.12. The minimum Gasteiger partial charge on any atom is -0.389 e. The molecule has 0 radical (unpaired) electrons. The summed E-state index contributed by atoms with van der Waals surface area (Å²) in [4.78, 5) is 0.297. The van der Waals surface area contributed by atoms with Crippen molar-refractivity contribution in [2.24, 2.45) is 5.73 Å². The molecule has 0 saturated carbocycles. The Kier molecular flexibility index (Phi) is 6.07. The molecule has 0 amide bonds. The normalized spacial score (nSPS) is 13.4. The van der Waals surface area contributed by atoms with Crippen molar-refractivity contribution in [1.29, 1.82) is 0 Å². The molecule has 0 aromatic heterocycles. The van der Waals surface area contributed by atoms with Crippen molar-refractivity contribution < 1.29 is 13.2 Å². The van der Waals surface area contributed by atoms with E-state index in [0.29, 0.717) is 17.2 Å². The number of thiocarbonyl (C=S) groups is 1. The van der Waals surface area contributed by atoms with E-state index in [2.05, 4.69) is 0 Å². The molecule has 0 aliphatic heterocycles. The molecule has 7 heteroatoms. The van der Waals surface area contributed by atoms with Gasteiger partial charge in [-0.3, -0.25) is 0 Å². The molecule has 0 spiro atoms. The minimum atomic E-state index is -3.38. The van der Waals surface area contributed by atoms with Crippen LogP contribution >= 0.6 is 12.2 Å². The van der Waals surface area contributed by atoms with Crippen LogP contribution in [0, 0.1) is 0 Å². The summed E-state index contributed by atoms with van der Waals surface area (Å²) < 4.78 is 30.8. The highest BCUT2D eigenvalue weighted by atomic mass is 32.2. The maximum atomic E-state index is 12.3. The Labute approximate surface area is 125 Å². The Morgan fingerprint density at radius 1 is 1.40 bits per heavy atom. The van der Waals surface area contributed by atoms with Crippen molar-refractivity contribution in [2.75, 3.05) is 20.8 Å². The fourth-order valence-electron chi connectivity index (χ4n) is 1.70. The molecule has 1 rings (SSSR count). The number of hydrogen-bond donors (Lipinski definition) is 1. The van der Waals surface area contributed by atoms with Gasteiger partial charge in [0.25, 0.3) is 0 Å². The van der Waals surface area contributed by atoms with Gasteiger partial charge in [0.05, 0.1) is 12.4 Å². The van der Waals surface area contributed by atoms with E-state index < -0.39 is 10.0 Å². The van der Waals surface area contributed by atoms with Crippen LogP contribution in [-0.4, -0.2) is 44.5 Å². The Bertz CT molecular complexity index is 555. The average molecular weight is 316 g/mol. The molecular weight excluding hydrogens is 296 g/mol. The smallest absolute Gasteiger partial charge is 0.218 e. The van der Waals surface area contributed by atoms with E-state index in [-0.39, 0.29) is 11.8 Å². The monoisotopic (exact) mass is 316 g/mol. The van der Waals surface area contributed by atoms with Crippen molar-refractivity contribution in [3.63, 3.8) is 0 Å². The summed E-state index contributed by atoms with van der Waals surface area (Å²) in [5, 5.41) is 0. The third kappa shape index (κ3) is 4.52. The summed E-state index contributed by atoms with van der Waals surface area (Å²) in [6.07, 6.45) is 0. The zero-order valence-electron chi connectivity index (χ0n) is 11.9. The van der Waals surface area contributed by atoms with Gasteiger partial charge in [0, 0.05) is 25.8 Å². The summed E-state index contributed by atoms with van der Waals surface area (Å²) >= 11 is 4.86. The molecule has 1 unspecified atom stereocenters. The molecule has 0 aliphatic rings. The van der Waals surface area contributed by atoms with Crippen LogP contribution < -0.4 is 5.73 Å². The maximum Gasteiger partial charge on any atom is 0.218 e. The lowest BCUT2D eigenvalue weighted by atomic mass is 10.1. The molecule has 112 valence electrons. The van der Waals surface area contributed by atoms with E-state index in [1.54, 1.807) is 45.3 Å². The molecule has 0 saturated heterocycles. The average Bonchev–Trinajstić information content (AvgIpc) is 2.38. The van der Waals surface area contributed by atoms with Crippen LogP contribution in [0.25, 0.3) is 0 Å². The lowest BCUT2D eigenvalue weighted by Crippen LogP contribution is -2.38. The quantitative estimate of drug-likeness (QED) is 0.763. The lowest BCUT2D eigenvalue weighted by Gasteiger charge is -2.23. The van der Waals surface area contributed by atoms with Gasteiger partial charge >= 0.3 is 0 Å². The van der Waals surface area contributed by atoms with Gasteiger partial charge in [0.15, 0.2) is 0 Å². The van der Waals surface area contributed by atoms with Crippen LogP contribution in [0.5, 0.6) is 0 Å². The van der Waals surface area contributed by atoms with Gasteiger partial charge in [-0.15, -0.1) is 0 Å². The van der Waals surface area contributed by atoms with Crippen molar-refractivity contribution in [3.05, 3.63) is 35.4 Å². The molecule has 5 nitrogen and oxygen atoms in total. The molecule has 0 fully saturated rings. The lowest BCUT2D eigenvalue weighted by molar-refractivity contribution is 0.149. The van der Waals surface area contributed by atoms with Gasteiger partial charge in [-0.25, -0.2) is 8.42 Å². The van der Waals surface area contributed by atoms with E-state index in [4.69, 9.17) is 22.7 Å². The van der Waals surface area contributed by atoms with Gasteiger partial charge in [0.2, 0.25) is 10.0 Å². The maximum absolute atomic E-state index is 12.3. The third-order valence-corrected chi connectivity index (χ3v) is 5.23. The van der Waals surface area contributed by atoms with Crippen LogP contribution in [-0.2, 0) is 20.5 Å². The van der Waals surface area contributed by atoms with E-state index in [0.717, 1.165) is 5.56 Å². The van der Waals surface area contributed by atoms with Gasteiger partial charge in [-0.2, -0.15) is 4.31 Å². The number of methoxy groups -OCH3 is 1. The van der Waals surface area contributed by atoms with E-state index in [9.17, 15) is 8.42 Å². The fraction of sp³-hybridized carbons (Fsp3) is 0.462. The number of rotatable bonds is 7. The molecule has 0 bridgehead atoms. The third-order valence-electron chi connectivity index (χ3n) is 3.05. The summed E-state index contributed by atoms with van der Waals surface area (Å²) in [6, 6.07) is 6.69. The Morgan fingerprint density at radius 3 is 2.40 bits per heavy atom. The molecule has 20 heavy (non-hydrogen) atoms. The van der Waals surface area contributed by atoms with E-state index >= 15 is 0 Å². The molecule has 1 aromatic carbocycles. The highest BCUT2D eigenvalue weighted by molar-refractivity contribution is 7.88. The number of benzene rings is 1. The summed E-state index contributed by atoms with van der Waals surface area (Å²) in [5.41, 5.74) is 6.92. The van der Waals surface area contributed by atoms with Crippen LogP contribution in [0.2, 0.25) is 0 Å². The predicted molar refractivity (Wildman–Crippen MR) is 84.1 cm³/mol. The van der Waals surface area contributed by atoms with E-state index in [1.807, 2.05) is 0 Å². The van der Waals surface area contributed by atoms with Crippen LogP contribution in [0.3, 0.4) is 0 Å².